The minimum atomic E-state index is -0.393. The Kier molecular flexibility index (Phi) is 4.82. The zero-order chi connectivity index (χ0) is 8.69. The van der Waals surface area contributed by atoms with Crippen molar-refractivity contribution in [1.29, 1.82) is 0 Å². The van der Waals surface area contributed by atoms with Crippen molar-refractivity contribution in [3.63, 3.8) is 0 Å². The standard InChI is InChI=1S/C9H12O2/c1-4-5-6-7-9(10)11-8(2)3/h4-7H,2H2,1,3H3. The minimum Gasteiger partial charge on any atom is -0.429 e. The van der Waals surface area contributed by atoms with Crippen LogP contribution in [0.3, 0.4) is 0 Å². The monoisotopic (exact) mass is 152 g/mol. The van der Waals surface area contributed by atoms with Gasteiger partial charge in [0.1, 0.15) is 0 Å². The number of hydrogen-bond donors (Lipinski definition) is 0. The van der Waals surface area contributed by atoms with Crippen molar-refractivity contribution < 1.29 is 9.53 Å². The van der Waals surface area contributed by atoms with Crippen molar-refractivity contribution in [2.45, 2.75) is 13.8 Å². The molecule has 0 radical (unpaired) electrons. The fourth-order valence-corrected chi connectivity index (χ4v) is 0.451. The molecular weight excluding hydrogens is 140 g/mol. The summed E-state index contributed by atoms with van der Waals surface area (Å²) in [5, 5.41) is 0. The summed E-state index contributed by atoms with van der Waals surface area (Å²) in [5.74, 6) is 0.00993. The van der Waals surface area contributed by atoms with Crippen LogP contribution in [-0.2, 0) is 9.53 Å². The number of carbonyl (C=O) groups is 1. The fourth-order valence-electron chi connectivity index (χ4n) is 0.451. The van der Waals surface area contributed by atoms with Crippen LogP contribution < -0.4 is 0 Å². The second-order valence-corrected chi connectivity index (χ2v) is 2.01. The molecule has 0 bridgehead atoms. The molecule has 0 amide bonds. The summed E-state index contributed by atoms with van der Waals surface area (Å²) in [5.41, 5.74) is 0. The van der Waals surface area contributed by atoms with Crippen molar-refractivity contribution in [3.8, 4) is 0 Å². The van der Waals surface area contributed by atoms with Gasteiger partial charge < -0.3 is 4.74 Å². The van der Waals surface area contributed by atoms with E-state index in [1.165, 1.54) is 6.08 Å². The van der Waals surface area contributed by atoms with Gasteiger partial charge in [-0.1, -0.05) is 24.8 Å². The fraction of sp³-hybridized carbons (Fsp3) is 0.222. The van der Waals surface area contributed by atoms with E-state index in [0.717, 1.165) is 0 Å². The highest BCUT2D eigenvalue weighted by atomic mass is 16.5. The second kappa shape index (κ2) is 5.47. The molecule has 0 atom stereocenters. The summed E-state index contributed by atoms with van der Waals surface area (Å²) in [6.07, 6.45) is 6.53. The highest BCUT2D eigenvalue weighted by molar-refractivity contribution is 5.82. The lowest BCUT2D eigenvalue weighted by molar-refractivity contribution is -0.133. The van der Waals surface area contributed by atoms with Crippen LogP contribution in [0.4, 0.5) is 0 Å². The number of ether oxygens (including phenoxy) is 1. The van der Waals surface area contributed by atoms with E-state index in [0.29, 0.717) is 5.76 Å². The van der Waals surface area contributed by atoms with Crippen molar-refractivity contribution in [2.24, 2.45) is 0 Å². The van der Waals surface area contributed by atoms with Crippen LogP contribution in [0.2, 0.25) is 0 Å². The molecule has 0 unspecified atom stereocenters. The maximum Gasteiger partial charge on any atom is 0.335 e. The molecule has 0 aliphatic heterocycles. The Bertz CT molecular complexity index is 200. The number of rotatable bonds is 3. The lowest BCUT2D eigenvalue weighted by Gasteiger charge is -1.95. The van der Waals surface area contributed by atoms with Gasteiger partial charge in [-0.25, -0.2) is 4.79 Å². The summed E-state index contributed by atoms with van der Waals surface area (Å²) >= 11 is 0. The number of hydrogen-bond acceptors (Lipinski definition) is 2. The molecule has 2 heteroatoms. The van der Waals surface area contributed by atoms with Gasteiger partial charge in [0, 0.05) is 6.08 Å². The van der Waals surface area contributed by atoms with Crippen LogP contribution in [-0.4, -0.2) is 5.97 Å². The van der Waals surface area contributed by atoms with Gasteiger partial charge in [-0.3, -0.25) is 0 Å². The highest BCUT2D eigenvalue weighted by Gasteiger charge is 1.93. The summed E-state index contributed by atoms with van der Waals surface area (Å²) in [6.45, 7) is 6.92. The van der Waals surface area contributed by atoms with Gasteiger partial charge in [0.05, 0.1) is 5.76 Å². The van der Waals surface area contributed by atoms with Crippen molar-refractivity contribution >= 4 is 5.97 Å². The summed E-state index contributed by atoms with van der Waals surface area (Å²) < 4.78 is 4.64. The lowest BCUT2D eigenvalue weighted by Crippen LogP contribution is -1.96. The van der Waals surface area contributed by atoms with E-state index in [-0.39, 0.29) is 0 Å². The van der Waals surface area contributed by atoms with Gasteiger partial charge in [-0.15, -0.1) is 0 Å². The van der Waals surface area contributed by atoms with Gasteiger partial charge in [0.15, 0.2) is 0 Å². The summed E-state index contributed by atoms with van der Waals surface area (Å²) in [6, 6.07) is 0. The molecule has 60 valence electrons. The first-order valence-corrected chi connectivity index (χ1v) is 3.33. The van der Waals surface area contributed by atoms with Gasteiger partial charge >= 0.3 is 5.97 Å². The smallest absolute Gasteiger partial charge is 0.335 e. The Balaban J connectivity index is 3.78. The molecule has 11 heavy (non-hydrogen) atoms. The molecule has 0 fully saturated rings. The average Bonchev–Trinajstić information content (AvgIpc) is 1.86. The largest absolute Gasteiger partial charge is 0.429 e. The summed E-state index contributed by atoms with van der Waals surface area (Å²) in [7, 11) is 0. The molecular formula is C9H12O2. The molecule has 0 N–H and O–H groups in total. The second-order valence-electron chi connectivity index (χ2n) is 2.01. The number of carbonyl (C=O) groups excluding carboxylic acids is 1. The number of esters is 1. The molecule has 2 nitrogen and oxygen atoms in total. The quantitative estimate of drug-likeness (QED) is 0.268. The molecule has 0 heterocycles. The highest BCUT2D eigenvalue weighted by Crippen LogP contribution is 1.91. The zero-order valence-electron chi connectivity index (χ0n) is 6.83. The predicted molar refractivity (Wildman–Crippen MR) is 44.9 cm³/mol. The average molecular weight is 152 g/mol. The third-order valence-electron chi connectivity index (χ3n) is 0.811. The minimum absolute atomic E-state index is 0.393. The van der Waals surface area contributed by atoms with E-state index in [9.17, 15) is 4.79 Å². The summed E-state index contributed by atoms with van der Waals surface area (Å²) in [4.78, 5) is 10.7. The van der Waals surface area contributed by atoms with Gasteiger partial charge in [-0.2, -0.15) is 0 Å². The predicted octanol–water partition coefficient (Wildman–Crippen LogP) is 2.20. The normalized spacial score (nSPS) is 10.7. The van der Waals surface area contributed by atoms with Gasteiger partial charge in [-0.05, 0) is 13.8 Å². The molecule has 0 saturated carbocycles. The Morgan fingerprint density at radius 1 is 1.45 bits per heavy atom. The molecule has 0 saturated heterocycles. The third kappa shape index (κ3) is 6.58. The van der Waals surface area contributed by atoms with E-state index in [1.807, 2.05) is 13.0 Å². The van der Waals surface area contributed by atoms with Crippen LogP contribution in [0.5, 0.6) is 0 Å². The van der Waals surface area contributed by atoms with E-state index < -0.39 is 5.97 Å². The van der Waals surface area contributed by atoms with E-state index in [2.05, 4.69) is 11.3 Å². The lowest BCUT2D eigenvalue weighted by atomic mass is 10.4. The SMILES string of the molecule is C=C(C)OC(=O)C=CC=CC. The van der Waals surface area contributed by atoms with Crippen LogP contribution in [0, 0.1) is 0 Å². The van der Waals surface area contributed by atoms with Crippen molar-refractivity contribution in [1.82, 2.24) is 0 Å². The molecule has 0 aromatic rings. The third-order valence-corrected chi connectivity index (χ3v) is 0.811. The van der Waals surface area contributed by atoms with Crippen molar-refractivity contribution in [2.75, 3.05) is 0 Å². The van der Waals surface area contributed by atoms with E-state index in [4.69, 9.17) is 0 Å². The van der Waals surface area contributed by atoms with Gasteiger partial charge in [0.2, 0.25) is 0 Å². The zero-order valence-corrected chi connectivity index (χ0v) is 6.83. The van der Waals surface area contributed by atoms with Gasteiger partial charge in [0.25, 0.3) is 0 Å². The van der Waals surface area contributed by atoms with E-state index in [1.54, 1.807) is 19.1 Å². The Hall–Kier alpha value is -1.31. The molecule has 0 rings (SSSR count). The van der Waals surface area contributed by atoms with Crippen LogP contribution in [0.15, 0.2) is 36.6 Å². The maximum atomic E-state index is 10.7. The first-order valence-electron chi connectivity index (χ1n) is 3.33. The molecule has 0 aromatic heterocycles. The first-order chi connectivity index (χ1) is 5.16. The molecule has 0 aliphatic carbocycles. The maximum absolute atomic E-state index is 10.7. The molecule has 0 aliphatic rings. The molecule has 0 aromatic carbocycles. The van der Waals surface area contributed by atoms with Crippen LogP contribution in [0.1, 0.15) is 13.8 Å². The van der Waals surface area contributed by atoms with Crippen LogP contribution in [0.25, 0.3) is 0 Å². The Labute approximate surface area is 66.9 Å². The van der Waals surface area contributed by atoms with E-state index >= 15 is 0 Å². The molecule has 0 spiro atoms. The Morgan fingerprint density at radius 3 is 2.55 bits per heavy atom. The topological polar surface area (TPSA) is 26.3 Å². The Morgan fingerprint density at radius 2 is 2.09 bits per heavy atom. The van der Waals surface area contributed by atoms with Crippen molar-refractivity contribution in [3.05, 3.63) is 36.6 Å². The number of allylic oxidation sites excluding steroid dienone is 4. The van der Waals surface area contributed by atoms with Crippen LogP contribution >= 0.6 is 0 Å². The first kappa shape index (κ1) is 9.69.